The summed E-state index contributed by atoms with van der Waals surface area (Å²) in [7, 11) is 2.99. The van der Waals surface area contributed by atoms with Crippen molar-refractivity contribution < 1.29 is 19.1 Å². The molecule has 140 valence electrons. The molecule has 0 aromatic heterocycles. The number of carbonyl (C=O) groups is 2. The second-order valence-corrected chi connectivity index (χ2v) is 8.14. The molecule has 2 rings (SSSR count). The third-order valence-electron chi connectivity index (χ3n) is 3.84. The van der Waals surface area contributed by atoms with E-state index in [4.69, 9.17) is 17.0 Å². The van der Waals surface area contributed by atoms with Crippen LogP contribution in [0.25, 0.3) is 6.08 Å². The highest BCUT2D eigenvalue weighted by Crippen LogP contribution is 2.34. The number of hydrogen-bond acceptors (Lipinski definition) is 6. The van der Waals surface area contributed by atoms with Crippen LogP contribution in [0.5, 0.6) is 5.75 Å². The van der Waals surface area contributed by atoms with E-state index >= 15 is 0 Å². The lowest BCUT2D eigenvalue weighted by molar-refractivity contribution is -0.140. The van der Waals surface area contributed by atoms with Crippen molar-refractivity contribution in [1.82, 2.24) is 4.90 Å². The fourth-order valence-corrected chi connectivity index (χ4v) is 4.30. The Kier molecular flexibility index (Phi) is 8.12. The molecule has 0 aliphatic carbocycles. The van der Waals surface area contributed by atoms with Gasteiger partial charge in [0.15, 0.2) is 0 Å². The number of nitrogens with zero attached hydrogens (tertiary/aromatic N) is 1. The van der Waals surface area contributed by atoms with Crippen LogP contribution >= 0.6 is 39.9 Å². The van der Waals surface area contributed by atoms with Gasteiger partial charge in [0.05, 0.1) is 23.6 Å². The number of hydrogen-bond donors (Lipinski definition) is 0. The van der Waals surface area contributed by atoms with E-state index in [0.717, 1.165) is 35.0 Å². The van der Waals surface area contributed by atoms with Gasteiger partial charge in [0.25, 0.3) is 5.91 Å². The summed E-state index contributed by atoms with van der Waals surface area (Å²) >= 11 is 10.1. The summed E-state index contributed by atoms with van der Waals surface area (Å²) in [6, 6.07) is 5.64. The molecular formula is C18H20BrNO4S2. The SMILES string of the molecule is COC(=O)CCCCCN1C(=O)/C(=C\c2ccc(OC)c(Br)c2)SC1=S. The summed E-state index contributed by atoms with van der Waals surface area (Å²) in [5.41, 5.74) is 0.899. The molecule has 1 aromatic carbocycles. The maximum atomic E-state index is 12.6. The minimum Gasteiger partial charge on any atom is -0.496 e. The largest absolute Gasteiger partial charge is 0.496 e. The number of amides is 1. The summed E-state index contributed by atoms with van der Waals surface area (Å²) in [6.07, 6.45) is 4.63. The smallest absolute Gasteiger partial charge is 0.305 e. The molecule has 0 saturated carbocycles. The number of esters is 1. The van der Waals surface area contributed by atoms with Gasteiger partial charge in [-0.25, -0.2) is 0 Å². The molecule has 1 heterocycles. The summed E-state index contributed by atoms with van der Waals surface area (Å²) in [5, 5.41) is 0. The molecule has 1 fully saturated rings. The first-order chi connectivity index (χ1) is 12.5. The highest BCUT2D eigenvalue weighted by Gasteiger charge is 2.31. The Balaban J connectivity index is 1.93. The van der Waals surface area contributed by atoms with Crippen molar-refractivity contribution in [1.29, 1.82) is 0 Å². The number of carbonyl (C=O) groups excluding carboxylic acids is 2. The molecule has 1 saturated heterocycles. The predicted octanol–water partition coefficient (Wildman–Crippen LogP) is 4.39. The van der Waals surface area contributed by atoms with Crippen molar-refractivity contribution in [2.24, 2.45) is 0 Å². The zero-order valence-electron chi connectivity index (χ0n) is 14.6. The van der Waals surface area contributed by atoms with Crippen molar-refractivity contribution in [3.05, 3.63) is 33.1 Å². The Morgan fingerprint density at radius 1 is 1.31 bits per heavy atom. The number of rotatable bonds is 8. The Bertz CT molecular complexity index is 736. The van der Waals surface area contributed by atoms with Crippen molar-refractivity contribution in [3.8, 4) is 5.75 Å². The lowest BCUT2D eigenvalue weighted by Crippen LogP contribution is -2.29. The first-order valence-corrected chi connectivity index (χ1v) is 10.1. The van der Waals surface area contributed by atoms with Gasteiger partial charge in [-0.05, 0) is 52.5 Å². The quantitative estimate of drug-likeness (QED) is 0.249. The van der Waals surface area contributed by atoms with Gasteiger partial charge in [-0.15, -0.1) is 0 Å². The first kappa shape index (κ1) is 20.9. The zero-order valence-corrected chi connectivity index (χ0v) is 17.8. The number of ether oxygens (including phenoxy) is 2. The molecule has 0 atom stereocenters. The third kappa shape index (κ3) is 5.56. The molecule has 26 heavy (non-hydrogen) atoms. The molecule has 1 amide bonds. The second-order valence-electron chi connectivity index (χ2n) is 5.61. The molecule has 0 spiro atoms. The lowest BCUT2D eigenvalue weighted by Gasteiger charge is -2.13. The maximum absolute atomic E-state index is 12.6. The van der Waals surface area contributed by atoms with Gasteiger partial charge in [0.1, 0.15) is 10.1 Å². The predicted molar refractivity (Wildman–Crippen MR) is 111 cm³/mol. The molecule has 0 unspecified atom stereocenters. The van der Waals surface area contributed by atoms with Gasteiger partial charge in [-0.1, -0.05) is 36.5 Å². The van der Waals surface area contributed by atoms with Gasteiger partial charge in [-0.2, -0.15) is 0 Å². The molecule has 0 N–H and O–H groups in total. The van der Waals surface area contributed by atoms with Crippen LogP contribution in [-0.2, 0) is 14.3 Å². The van der Waals surface area contributed by atoms with E-state index in [0.29, 0.717) is 22.2 Å². The molecular weight excluding hydrogens is 438 g/mol. The van der Waals surface area contributed by atoms with Crippen LogP contribution in [0.15, 0.2) is 27.6 Å². The molecule has 1 aromatic rings. The molecule has 5 nitrogen and oxygen atoms in total. The third-order valence-corrected chi connectivity index (χ3v) is 5.83. The summed E-state index contributed by atoms with van der Waals surface area (Å²) in [5.74, 6) is 0.464. The fraction of sp³-hybridized carbons (Fsp3) is 0.389. The number of halogens is 1. The lowest BCUT2D eigenvalue weighted by atomic mass is 10.2. The van der Waals surface area contributed by atoms with Crippen molar-refractivity contribution in [2.45, 2.75) is 25.7 Å². The van der Waals surface area contributed by atoms with Gasteiger partial charge in [0, 0.05) is 13.0 Å². The summed E-state index contributed by atoms with van der Waals surface area (Å²) in [6.45, 7) is 0.565. The number of thioether (sulfide) groups is 1. The number of unbranched alkanes of at least 4 members (excludes halogenated alkanes) is 2. The average molecular weight is 458 g/mol. The van der Waals surface area contributed by atoms with E-state index < -0.39 is 0 Å². The van der Waals surface area contributed by atoms with Crippen LogP contribution in [0.4, 0.5) is 0 Å². The van der Waals surface area contributed by atoms with Crippen molar-refractivity contribution in [3.63, 3.8) is 0 Å². The minimum absolute atomic E-state index is 0.0695. The summed E-state index contributed by atoms with van der Waals surface area (Å²) in [4.78, 5) is 25.9. The van der Waals surface area contributed by atoms with E-state index in [9.17, 15) is 9.59 Å². The zero-order chi connectivity index (χ0) is 19.1. The Labute approximate surface area is 171 Å². The van der Waals surface area contributed by atoms with Crippen LogP contribution < -0.4 is 4.74 Å². The molecule has 0 bridgehead atoms. The Morgan fingerprint density at radius 2 is 2.08 bits per heavy atom. The normalized spacial score (nSPS) is 15.7. The molecule has 1 aliphatic heterocycles. The standard InChI is InChI=1S/C18H20BrNO4S2/c1-23-14-8-7-12(10-13(14)19)11-15-17(22)20(18(25)26-15)9-5-3-4-6-16(21)24-2/h7-8,10-11H,3-6,9H2,1-2H3/b15-11+. The molecule has 0 radical (unpaired) electrons. The van der Waals surface area contributed by atoms with E-state index in [-0.39, 0.29) is 11.9 Å². The monoisotopic (exact) mass is 457 g/mol. The van der Waals surface area contributed by atoms with Crippen LogP contribution in [0.1, 0.15) is 31.2 Å². The number of benzene rings is 1. The van der Waals surface area contributed by atoms with Gasteiger partial charge < -0.3 is 9.47 Å². The Hall–Kier alpha value is -1.38. The van der Waals surface area contributed by atoms with Crippen LogP contribution in [0, 0.1) is 0 Å². The average Bonchev–Trinajstić information content (AvgIpc) is 2.88. The first-order valence-electron chi connectivity index (χ1n) is 8.12. The Morgan fingerprint density at radius 3 is 2.73 bits per heavy atom. The van der Waals surface area contributed by atoms with Crippen LogP contribution in [0.3, 0.4) is 0 Å². The van der Waals surface area contributed by atoms with E-state index in [1.807, 2.05) is 24.3 Å². The highest BCUT2D eigenvalue weighted by atomic mass is 79.9. The van der Waals surface area contributed by atoms with Crippen molar-refractivity contribution >= 4 is 62.2 Å². The van der Waals surface area contributed by atoms with Gasteiger partial charge in [-0.3, -0.25) is 14.5 Å². The fourth-order valence-electron chi connectivity index (χ4n) is 2.43. The van der Waals surface area contributed by atoms with Crippen LogP contribution in [-0.4, -0.2) is 41.9 Å². The highest BCUT2D eigenvalue weighted by molar-refractivity contribution is 9.10. The van der Waals surface area contributed by atoms with Gasteiger partial charge >= 0.3 is 5.97 Å². The number of thiocarbonyl (C=S) groups is 1. The van der Waals surface area contributed by atoms with E-state index in [1.54, 1.807) is 12.0 Å². The van der Waals surface area contributed by atoms with Crippen LogP contribution in [0.2, 0.25) is 0 Å². The number of methoxy groups -OCH3 is 2. The molecule has 8 heteroatoms. The van der Waals surface area contributed by atoms with E-state index in [2.05, 4.69) is 20.7 Å². The van der Waals surface area contributed by atoms with Crippen molar-refractivity contribution in [2.75, 3.05) is 20.8 Å². The maximum Gasteiger partial charge on any atom is 0.305 e. The minimum atomic E-state index is -0.204. The van der Waals surface area contributed by atoms with E-state index in [1.165, 1.54) is 18.9 Å². The second kappa shape index (κ2) is 10.1. The van der Waals surface area contributed by atoms with Gasteiger partial charge in [0.2, 0.25) is 0 Å². The topological polar surface area (TPSA) is 55.8 Å². The molecule has 1 aliphatic rings. The summed E-state index contributed by atoms with van der Waals surface area (Å²) < 4.78 is 11.2.